The SMILES string of the molecule is CC(=O)C1CC1COc1ccc(-c2cc(Oc3ccc(C)c(F)c3)ccc2F)cc1F. The van der Waals surface area contributed by atoms with E-state index in [9.17, 15) is 18.0 Å². The molecule has 0 aliphatic heterocycles. The molecular weight excluding hydrogens is 405 g/mol. The molecule has 31 heavy (non-hydrogen) atoms. The number of ketones is 1. The van der Waals surface area contributed by atoms with Crippen LogP contribution in [0.2, 0.25) is 0 Å². The van der Waals surface area contributed by atoms with Crippen LogP contribution in [-0.4, -0.2) is 12.4 Å². The average Bonchev–Trinajstić information content (AvgIpc) is 3.51. The molecule has 160 valence electrons. The minimum atomic E-state index is -0.621. The number of Topliss-reactive ketones (excluding diaryl/α,β-unsaturated/α-hetero) is 1. The lowest BCUT2D eigenvalue weighted by Crippen LogP contribution is -2.05. The maximum atomic E-state index is 14.5. The van der Waals surface area contributed by atoms with Gasteiger partial charge >= 0.3 is 0 Å². The summed E-state index contributed by atoms with van der Waals surface area (Å²) in [6, 6.07) is 12.7. The van der Waals surface area contributed by atoms with E-state index in [0.717, 1.165) is 6.42 Å². The molecule has 3 aromatic rings. The Morgan fingerprint density at radius 3 is 2.35 bits per heavy atom. The molecule has 3 aromatic carbocycles. The van der Waals surface area contributed by atoms with Crippen molar-refractivity contribution < 1.29 is 27.4 Å². The molecule has 2 atom stereocenters. The molecule has 0 N–H and O–H groups in total. The third-order valence-corrected chi connectivity index (χ3v) is 5.46. The van der Waals surface area contributed by atoms with Crippen LogP contribution in [0, 0.1) is 36.2 Å². The van der Waals surface area contributed by atoms with Crippen LogP contribution in [-0.2, 0) is 4.79 Å². The van der Waals surface area contributed by atoms with E-state index in [1.165, 1.54) is 36.4 Å². The van der Waals surface area contributed by atoms with Crippen molar-refractivity contribution in [3.63, 3.8) is 0 Å². The zero-order chi connectivity index (χ0) is 22.1. The van der Waals surface area contributed by atoms with Crippen molar-refractivity contribution in [1.29, 1.82) is 0 Å². The highest BCUT2D eigenvalue weighted by atomic mass is 19.1. The molecule has 1 aliphatic rings. The first-order valence-corrected chi connectivity index (χ1v) is 9.98. The first kappa shape index (κ1) is 21.0. The molecule has 1 saturated carbocycles. The van der Waals surface area contributed by atoms with E-state index in [1.54, 1.807) is 32.0 Å². The Hall–Kier alpha value is -3.28. The van der Waals surface area contributed by atoms with Crippen molar-refractivity contribution >= 4 is 5.78 Å². The van der Waals surface area contributed by atoms with Crippen LogP contribution in [0.15, 0.2) is 54.6 Å². The van der Waals surface area contributed by atoms with Gasteiger partial charge in [0.25, 0.3) is 0 Å². The highest BCUT2D eigenvalue weighted by Crippen LogP contribution is 2.40. The molecule has 0 heterocycles. The van der Waals surface area contributed by atoms with Crippen LogP contribution < -0.4 is 9.47 Å². The average molecular weight is 426 g/mol. The number of hydrogen-bond donors (Lipinski definition) is 0. The molecule has 1 aliphatic carbocycles. The van der Waals surface area contributed by atoms with Crippen molar-refractivity contribution in [1.82, 2.24) is 0 Å². The largest absolute Gasteiger partial charge is 0.490 e. The second-order valence-corrected chi connectivity index (χ2v) is 7.82. The third-order valence-electron chi connectivity index (χ3n) is 5.46. The van der Waals surface area contributed by atoms with Crippen LogP contribution in [0.4, 0.5) is 13.2 Å². The summed E-state index contributed by atoms with van der Waals surface area (Å²) in [6.07, 6.45) is 0.762. The summed E-state index contributed by atoms with van der Waals surface area (Å²) in [7, 11) is 0. The zero-order valence-electron chi connectivity index (χ0n) is 17.1. The number of ether oxygens (including phenoxy) is 2. The number of rotatable bonds is 7. The van der Waals surface area contributed by atoms with E-state index in [1.807, 2.05) is 0 Å². The smallest absolute Gasteiger partial charge is 0.165 e. The molecule has 4 rings (SSSR count). The molecule has 0 aromatic heterocycles. The lowest BCUT2D eigenvalue weighted by molar-refractivity contribution is -0.118. The van der Waals surface area contributed by atoms with E-state index < -0.39 is 17.5 Å². The quantitative estimate of drug-likeness (QED) is 0.434. The van der Waals surface area contributed by atoms with E-state index in [0.29, 0.717) is 16.9 Å². The monoisotopic (exact) mass is 426 g/mol. The number of hydrogen-bond acceptors (Lipinski definition) is 3. The summed E-state index contributed by atoms with van der Waals surface area (Å²) in [6.45, 7) is 3.45. The Labute approximate surface area is 178 Å². The van der Waals surface area contributed by atoms with Gasteiger partial charge in [0.2, 0.25) is 0 Å². The van der Waals surface area contributed by atoms with Gasteiger partial charge in [-0.2, -0.15) is 0 Å². The molecule has 0 bridgehead atoms. The van der Waals surface area contributed by atoms with Gasteiger partial charge in [-0.25, -0.2) is 13.2 Å². The number of benzene rings is 3. The molecule has 3 nitrogen and oxygen atoms in total. The summed E-state index contributed by atoms with van der Waals surface area (Å²) in [4.78, 5) is 11.3. The lowest BCUT2D eigenvalue weighted by Gasteiger charge is -2.11. The van der Waals surface area contributed by atoms with Crippen LogP contribution in [0.25, 0.3) is 11.1 Å². The van der Waals surface area contributed by atoms with E-state index >= 15 is 0 Å². The Morgan fingerprint density at radius 2 is 1.68 bits per heavy atom. The van der Waals surface area contributed by atoms with Crippen LogP contribution in [0.3, 0.4) is 0 Å². The molecular formula is C25H21F3O3. The fourth-order valence-corrected chi connectivity index (χ4v) is 3.47. The predicted octanol–water partition coefficient (Wildman–Crippen LogP) is 6.48. The van der Waals surface area contributed by atoms with Gasteiger partial charge in [0.1, 0.15) is 28.9 Å². The van der Waals surface area contributed by atoms with Crippen LogP contribution in [0.1, 0.15) is 18.9 Å². The van der Waals surface area contributed by atoms with Gasteiger partial charge in [0.05, 0.1) is 6.61 Å². The van der Waals surface area contributed by atoms with Crippen molar-refractivity contribution in [2.45, 2.75) is 20.3 Å². The predicted molar refractivity (Wildman–Crippen MR) is 111 cm³/mol. The normalized spacial score (nSPS) is 17.3. The van der Waals surface area contributed by atoms with Crippen molar-refractivity contribution in [2.24, 2.45) is 11.8 Å². The molecule has 0 saturated heterocycles. The molecule has 2 unspecified atom stereocenters. The minimum absolute atomic E-state index is 0.00109. The van der Waals surface area contributed by atoms with Gasteiger partial charge in [-0.15, -0.1) is 0 Å². The summed E-state index contributed by atoms with van der Waals surface area (Å²) < 4.78 is 53.8. The Balaban J connectivity index is 1.50. The summed E-state index contributed by atoms with van der Waals surface area (Å²) in [5.74, 6) is -0.698. The fraction of sp³-hybridized carbons (Fsp3) is 0.240. The Kier molecular flexibility index (Phi) is 5.72. The van der Waals surface area contributed by atoms with Gasteiger partial charge < -0.3 is 9.47 Å². The molecule has 0 spiro atoms. The van der Waals surface area contributed by atoms with Gasteiger partial charge in [-0.05, 0) is 67.8 Å². The maximum absolute atomic E-state index is 14.5. The highest BCUT2D eigenvalue weighted by molar-refractivity contribution is 5.81. The number of carbonyl (C=O) groups excluding carboxylic acids is 1. The molecule has 1 fully saturated rings. The van der Waals surface area contributed by atoms with Crippen molar-refractivity contribution in [3.05, 3.63) is 77.6 Å². The number of aryl methyl sites for hydroxylation is 1. The van der Waals surface area contributed by atoms with Gasteiger partial charge in [-0.1, -0.05) is 12.1 Å². The maximum Gasteiger partial charge on any atom is 0.165 e. The molecule has 6 heteroatoms. The zero-order valence-corrected chi connectivity index (χ0v) is 17.1. The molecule has 0 radical (unpaired) electrons. The Morgan fingerprint density at radius 1 is 0.935 bits per heavy atom. The molecule has 0 amide bonds. The van der Waals surface area contributed by atoms with Gasteiger partial charge in [-0.3, -0.25) is 4.79 Å². The van der Waals surface area contributed by atoms with E-state index in [-0.39, 0.29) is 41.3 Å². The first-order chi connectivity index (χ1) is 14.8. The Bertz CT molecular complexity index is 1140. The second kappa shape index (κ2) is 8.46. The summed E-state index contributed by atoms with van der Waals surface area (Å²) >= 11 is 0. The van der Waals surface area contributed by atoms with Crippen molar-refractivity contribution in [2.75, 3.05) is 6.61 Å². The van der Waals surface area contributed by atoms with Crippen LogP contribution >= 0.6 is 0 Å². The summed E-state index contributed by atoms with van der Waals surface area (Å²) in [5.41, 5.74) is 0.953. The lowest BCUT2D eigenvalue weighted by atomic mass is 10.0. The minimum Gasteiger partial charge on any atom is -0.490 e. The number of carbonyl (C=O) groups is 1. The van der Waals surface area contributed by atoms with Gasteiger partial charge in [0.15, 0.2) is 11.6 Å². The van der Waals surface area contributed by atoms with E-state index in [2.05, 4.69) is 0 Å². The number of halogens is 3. The fourth-order valence-electron chi connectivity index (χ4n) is 3.47. The van der Waals surface area contributed by atoms with Crippen LogP contribution in [0.5, 0.6) is 17.2 Å². The highest BCUT2D eigenvalue weighted by Gasteiger charge is 2.41. The summed E-state index contributed by atoms with van der Waals surface area (Å²) in [5, 5.41) is 0. The standard InChI is InChI=1S/C25H21F3O3/c1-14-3-5-19(12-23(14)27)31-18-6-7-22(26)21(11-18)16-4-8-25(24(28)10-16)30-13-17-9-20(17)15(2)29/h3-8,10-12,17,20H,9,13H2,1-2H3. The first-order valence-electron chi connectivity index (χ1n) is 9.98. The van der Waals surface area contributed by atoms with Crippen molar-refractivity contribution in [3.8, 4) is 28.4 Å². The van der Waals surface area contributed by atoms with Gasteiger partial charge in [0, 0.05) is 23.5 Å². The topological polar surface area (TPSA) is 35.5 Å². The second-order valence-electron chi connectivity index (χ2n) is 7.82. The third kappa shape index (κ3) is 4.74. The van der Waals surface area contributed by atoms with E-state index in [4.69, 9.17) is 9.47 Å².